The molecule has 5 nitrogen and oxygen atoms in total. The fraction of sp³-hybridized carbons (Fsp3) is 0.455. The second-order valence-corrected chi connectivity index (χ2v) is 3.98. The molecule has 1 aromatic carbocycles. The minimum atomic E-state index is -2.06. The number of nitrogens with one attached hydrogen (secondary N) is 1. The Morgan fingerprint density at radius 2 is 2.00 bits per heavy atom. The third-order valence-electron chi connectivity index (χ3n) is 2.29. The average Bonchev–Trinajstić information content (AvgIpc) is 2.26. The predicted octanol–water partition coefficient (Wildman–Crippen LogP) is 1.11. The lowest BCUT2D eigenvalue weighted by Gasteiger charge is -2.21. The average molecular weight is 224 g/mol. The van der Waals surface area contributed by atoms with Gasteiger partial charge in [0, 0.05) is 6.04 Å². The van der Waals surface area contributed by atoms with E-state index < -0.39 is 10.6 Å². The highest BCUT2D eigenvalue weighted by Crippen LogP contribution is 2.20. The molecule has 88 valence electrons. The molecule has 0 radical (unpaired) electrons. The molecule has 0 bridgehead atoms. The summed E-state index contributed by atoms with van der Waals surface area (Å²) in [7, 11) is 0. The standard InChI is InChI=1S/C11H16N2O3/c1-9(2)12-8-11(14,13(15)16)10-6-4-3-5-7-10/h3-7,9,12,14H,8H2,1-2H3. The zero-order valence-corrected chi connectivity index (χ0v) is 9.38. The van der Waals surface area contributed by atoms with Crippen molar-refractivity contribution in [2.24, 2.45) is 0 Å². The van der Waals surface area contributed by atoms with Crippen LogP contribution in [-0.2, 0) is 5.72 Å². The van der Waals surface area contributed by atoms with Crippen LogP contribution in [0.2, 0.25) is 0 Å². The quantitative estimate of drug-likeness (QED) is 0.446. The number of nitrogens with zero attached hydrogens (tertiary/aromatic N) is 1. The molecule has 5 heteroatoms. The van der Waals surface area contributed by atoms with Crippen LogP contribution >= 0.6 is 0 Å². The second-order valence-electron chi connectivity index (χ2n) is 3.98. The summed E-state index contributed by atoms with van der Waals surface area (Å²) in [6, 6.07) is 8.25. The molecule has 0 aromatic heterocycles. The molecular formula is C11H16N2O3. The molecule has 16 heavy (non-hydrogen) atoms. The lowest BCUT2D eigenvalue weighted by atomic mass is 10.0. The van der Waals surface area contributed by atoms with Crippen molar-refractivity contribution in [1.29, 1.82) is 0 Å². The number of hydrogen-bond acceptors (Lipinski definition) is 4. The first-order chi connectivity index (χ1) is 7.47. The molecule has 0 aliphatic rings. The monoisotopic (exact) mass is 224 g/mol. The minimum Gasteiger partial charge on any atom is -0.326 e. The van der Waals surface area contributed by atoms with E-state index in [2.05, 4.69) is 5.32 Å². The van der Waals surface area contributed by atoms with Gasteiger partial charge in [0.2, 0.25) is 0 Å². The largest absolute Gasteiger partial charge is 0.361 e. The van der Waals surface area contributed by atoms with Crippen molar-refractivity contribution >= 4 is 0 Å². The van der Waals surface area contributed by atoms with Crippen LogP contribution in [0.25, 0.3) is 0 Å². The Morgan fingerprint density at radius 1 is 1.44 bits per heavy atom. The van der Waals surface area contributed by atoms with Gasteiger partial charge in [-0.25, -0.2) is 0 Å². The molecule has 0 saturated heterocycles. The van der Waals surface area contributed by atoms with E-state index in [-0.39, 0.29) is 18.2 Å². The summed E-state index contributed by atoms with van der Waals surface area (Å²) in [5.41, 5.74) is -1.78. The van der Waals surface area contributed by atoms with E-state index in [1.807, 2.05) is 13.8 Å². The Balaban J connectivity index is 2.93. The van der Waals surface area contributed by atoms with Crippen molar-refractivity contribution in [1.82, 2.24) is 5.32 Å². The van der Waals surface area contributed by atoms with E-state index in [1.165, 1.54) is 0 Å². The summed E-state index contributed by atoms with van der Waals surface area (Å²) in [5.74, 6) is 0. The number of hydrogen-bond donors (Lipinski definition) is 2. The maximum Gasteiger partial charge on any atom is 0.361 e. The molecule has 1 rings (SSSR count). The molecule has 0 spiro atoms. The van der Waals surface area contributed by atoms with E-state index in [9.17, 15) is 15.2 Å². The van der Waals surface area contributed by atoms with Gasteiger partial charge >= 0.3 is 5.72 Å². The number of rotatable bonds is 5. The van der Waals surface area contributed by atoms with E-state index >= 15 is 0 Å². The normalized spacial score (nSPS) is 14.8. The topological polar surface area (TPSA) is 75.4 Å². The zero-order valence-electron chi connectivity index (χ0n) is 9.38. The Kier molecular flexibility index (Phi) is 3.98. The molecule has 1 unspecified atom stereocenters. The highest BCUT2D eigenvalue weighted by Gasteiger charge is 2.42. The van der Waals surface area contributed by atoms with E-state index in [0.29, 0.717) is 0 Å². The van der Waals surface area contributed by atoms with Gasteiger partial charge in [-0.1, -0.05) is 32.0 Å². The van der Waals surface area contributed by atoms with Crippen LogP contribution in [0.4, 0.5) is 0 Å². The van der Waals surface area contributed by atoms with E-state index in [1.54, 1.807) is 30.3 Å². The van der Waals surface area contributed by atoms with Gasteiger partial charge in [0.05, 0.1) is 17.0 Å². The Morgan fingerprint density at radius 3 is 2.44 bits per heavy atom. The molecule has 0 amide bonds. The Bertz CT molecular complexity index is 354. The van der Waals surface area contributed by atoms with Crippen LogP contribution in [0.5, 0.6) is 0 Å². The summed E-state index contributed by atoms with van der Waals surface area (Å²) in [4.78, 5) is 10.3. The second kappa shape index (κ2) is 5.05. The van der Waals surface area contributed by atoms with Crippen LogP contribution < -0.4 is 5.32 Å². The first-order valence-corrected chi connectivity index (χ1v) is 5.12. The minimum absolute atomic E-state index is 0.0789. The summed E-state index contributed by atoms with van der Waals surface area (Å²) in [6.45, 7) is 3.62. The van der Waals surface area contributed by atoms with Gasteiger partial charge in [-0.3, -0.25) is 10.1 Å². The smallest absolute Gasteiger partial charge is 0.326 e. The van der Waals surface area contributed by atoms with Crippen LogP contribution in [-0.4, -0.2) is 22.6 Å². The van der Waals surface area contributed by atoms with Crippen LogP contribution in [0, 0.1) is 10.1 Å². The van der Waals surface area contributed by atoms with Gasteiger partial charge in [-0.15, -0.1) is 0 Å². The molecule has 0 fully saturated rings. The summed E-state index contributed by atoms with van der Waals surface area (Å²) < 4.78 is 0. The summed E-state index contributed by atoms with van der Waals surface area (Å²) in [5, 5.41) is 23.9. The highest BCUT2D eigenvalue weighted by atomic mass is 16.7. The van der Waals surface area contributed by atoms with Crippen molar-refractivity contribution in [3.8, 4) is 0 Å². The predicted molar refractivity (Wildman–Crippen MR) is 60.5 cm³/mol. The van der Waals surface area contributed by atoms with Crippen LogP contribution in [0.1, 0.15) is 19.4 Å². The SMILES string of the molecule is CC(C)NCC(O)(c1ccccc1)[N+](=O)[O-]. The molecule has 0 aliphatic heterocycles. The molecule has 2 N–H and O–H groups in total. The molecule has 0 heterocycles. The first-order valence-electron chi connectivity index (χ1n) is 5.12. The van der Waals surface area contributed by atoms with Crippen molar-refractivity contribution in [3.05, 3.63) is 46.0 Å². The van der Waals surface area contributed by atoms with Crippen LogP contribution in [0.15, 0.2) is 30.3 Å². The fourth-order valence-corrected chi connectivity index (χ4v) is 1.32. The molecule has 0 saturated carbocycles. The van der Waals surface area contributed by atoms with Gasteiger partial charge in [0.15, 0.2) is 0 Å². The summed E-state index contributed by atoms with van der Waals surface area (Å²) >= 11 is 0. The van der Waals surface area contributed by atoms with Gasteiger partial charge in [0.1, 0.15) is 0 Å². The lowest BCUT2D eigenvalue weighted by Crippen LogP contribution is -2.46. The van der Waals surface area contributed by atoms with E-state index in [4.69, 9.17) is 0 Å². The molecular weight excluding hydrogens is 208 g/mol. The van der Waals surface area contributed by atoms with E-state index in [0.717, 1.165) is 0 Å². The third kappa shape index (κ3) is 2.77. The molecule has 1 atom stereocenters. The van der Waals surface area contributed by atoms with Crippen molar-refractivity contribution in [2.75, 3.05) is 6.54 Å². The maximum atomic E-state index is 10.9. The molecule has 1 aromatic rings. The van der Waals surface area contributed by atoms with Crippen LogP contribution in [0.3, 0.4) is 0 Å². The summed E-state index contributed by atoms with van der Waals surface area (Å²) in [6.07, 6.45) is 0. The van der Waals surface area contributed by atoms with Gasteiger partial charge in [-0.05, 0) is 12.1 Å². The van der Waals surface area contributed by atoms with Gasteiger partial charge in [0.25, 0.3) is 0 Å². The zero-order chi connectivity index (χ0) is 12.2. The van der Waals surface area contributed by atoms with Crippen molar-refractivity contribution in [2.45, 2.75) is 25.6 Å². The Labute approximate surface area is 94.3 Å². The number of nitro groups is 1. The Hall–Kier alpha value is -1.46. The first kappa shape index (κ1) is 12.6. The number of aliphatic hydroxyl groups is 1. The lowest BCUT2D eigenvalue weighted by molar-refractivity contribution is -0.633. The third-order valence-corrected chi connectivity index (χ3v) is 2.29. The maximum absolute atomic E-state index is 10.9. The molecule has 0 aliphatic carbocycles. The fourth-order valence-electron chi connectivity index (χ4n) is 1.32. The van der Waals surface area contributed by atoms with Crippen molar-refractivity contribution in [3.63, 3.8) is 0 Å². The highest BCUT2D eigenvalue weighted by molar-refractivity contribution is 5.20. The van der Waals surface area contributed by atoms with Gasteiger partial charge in [-0.2, -0.15) is 0 Å². The number of benzene rings is 1. The van der Waals surface area contributed by atoms with Gasteiger partial charge < -0.3 is 10.4 Å². The van der Waals surface area contributed by atoms with Crippen molar-refractivity contribution < 1.29 is 10.0 Å².